The van der Waals surface area contributed by atoms with E-state index in [-0.39, 0.29) is 12.0 Å². The normalized spacial score (nSPS) is 17.6. The van der Waals surface area contributed by atoms with Gasteiger partial charge in [-0.1, -0.05) is 0 Å². The maximum atomic E-state index is 12.6. The van der Waals surface area contributed by atoms with E-state index < -0.39 is 0 Å². The molecule has 1 saturated heterocycles. The Balaban J connectivity index is 1.63. The first-order valence-electron chi connectivity index (χ1n) is 8.13. The second-order valence-corrected chi connectivity index (χ2v) is 5.93. The molecule has 3 aromatic heterocycles. The fraction of sp³-hybridized carbons (Fsp3) is 0.294. The summed E-state index contributed by atoms with van der Waals surface area (Å²) in [6.07, 6.45) is 4.93. The zero-order valence-corrected chi connectivity index (χ0v) is 13.8. The van der Waals surface area contributed by atoms with E-state index in [0.717, 1.165) is 18.9 Å². The Bertz CT molecular complexity index is 895. The second-order valence-electron chi connectivity index (χ2n) is 5.93. The van der Waals surface area contributed by atoms with Crippen LogP contribution in [0.3, 0.4) is 0 Å². The van der Waals surface area contributed by atoms with Gasteiger partial charge >= 0.3 is 0 Å². The number of fused-ring (bicyclic) bond motifs is 1. The molecular formula is C17H18N6O2. The van der Waals surface area contributed by atoms with Crippen LogP contribution in [0.2, 0.25) is 0 Å². The van der Waals surface area contributed by atoms with Crippen LogP contribution in [-0.4, -0.2) is 51.3 Å². The van der Waals surface area contributed by atoms with Crippen molar-refractivity contribution < 1.29 is 9.53 Å². The van der Waals surface area contributed by atoms with Crippen LogP contribution in [0.25, 0.3) is 5.65 Å². The lowest BCUT2D eigenvalue weighted by molar-refractivity contribution is 0.0528. The maximum Gasteiger partial charge on any atom is 0.276 e. The van der Waals surface area contributed by atoms with Crippen molar-refractivity contribution in [1.29, 1.82) is 0 Å². The molecule has 0 aliphatic carbocycles. The largest absolute Gasteiger partial charge is 0.375 e. The zero-order chi connectivity index (χ0) is 17.2. The predicted octanol–water partition coefficient (Wildman–Crippen LogP) is 1.60. The smallest absolute Gasteiger partial charge is 0.276 e. The standard InChI is InChI=1S/C17H18N6O2/c1-12-11-22(7-8-25-12)16-5-4-15-19-10-14(23(15)21-16)17(24)20-13-3-2-6-18-9-13/h2-6,9-10,12H,7-8,11H2,1H3,(H,20,24). The van der Waals surface area contributed by atoms with E-state index >= 15 is 0 Å². The molecule has 128 valence electrons. The van der Waals surface area contributed by atoms with E-state index in [1.807, 2.05) is 19.1 Å². The topological polar surface area (TPSA) is 84.7 Å². The molecule has 1 aliphatic rings. The van der Waals surface area contributed by atoms with Crippen molar-refractivity contribution in [1.82, 2.24) is 19.6 Å². The van der Waals surface area contributed by atoms with Crippen LogP contribution in [-0.2, 0) is 4.74 Å². The van der Waals surface area contributed by atoms with Gasteiger partial charge in [0.1, 0.15) is 5.82 Å². The van der Waals surface area contributed by atoms with Gasteiger partial charge in [0.05, 0.1) is 30.8 Å². The molecule has 0 radical (unpaired) electrons. The monoisotopic (exact) mass is 338 g/mol. The van der Waals surface area contributed by atoms with Gasteiger partial charge in [-0.2, -0.15) is 0 Å². The third-order valence-electron chi connectivity index (χ3n) is 4.07. The minimum absolute atomic E-state index is 0.155. The Morgan fingerprint density at radius 2 is 2.24 bits per heavy atom. The third-order valence-corrected chi connectivity index (χ3v) is 4.07. The van der Waals surface area contributed by atoms with E-state index in [9.17, 15) is 4.79 Å². The van der Waals surface area contributed by atoms with Crippen molar-refractivity contribution in [2.45, 2.75) is 13.0 Å². The van der Waals surface area contributed by atoms with Crippen molar-refractivity contribution >= 4 is 23.1 Å². The summed E-state index contributed by atoms with van der Waals surface area (Å²) >= 11 is 0. The molecule has 8 nitrogen and oxygen atoms in total. The van der Waals surface area contributed by atoms with E-state index in [2.05, 4.69) is 25.3 Å². The molecule has 4 heterocycles. The molecule has 0 spiro atoms. The van der Waals surface area contributed by atoms with Crippen LogP contribution in [0.15, 0.2) is 42.9 Å². The number of rotatable bonds is 3. The summed E-state index contributed by atoms with van der Waals surface area (Å²) < 4.78 is 7.14. The van der Waals surface area contributed by atoms with Crippen LogP contribution in [0, 0.1) is 0 Å². The maximum absolute atomic E-state index is 12.6. The fourth-order valence-electron chi connectivity index (χ4n) is 2.85. The van der Waals surface area contributed by atoms with E-state index in [0.29, 0.717) is 23.6 Å². The second kappa shape index (κ2) is 6.48. The molecule has 8 heteroatoms. The minimum Gasteiger partial charge on any atom is -0.375 e. The SMILES string of the molecule is CC1CN(c2ccc3ncc(C(=O)Nc4cccnc4)n3n2)CCO1. The highest BCUT2D eigenvalue weighted by Crippen LogP contribution is 2.17. The van der Waals surface area contributed by atoms with Gasteiger partial charge in [-0.15, -0.1) is 5.10 Å². The molecule has 4 rings (SSSR count). The molecule has 1 N–H and O–H groups in total. The summed E-state index contributed by atoms with van der Waals surface area (Å²) in [7, 11) is 0. The highest BCUT2D eigenvalue weighted by Gasteiger charge is 2.20. The van der Waals surface area contributed by atoms with E-state index in [1.54, 1.807) is 29.0 Å². The number of hydrogen-bond donors (Lipinski definition) is 1. The molecule has 25 heavy (non-hydrogen) atoms. The summed E-state index contributed by atoms with van der Waals surface area (Å²) in [6.45, 7) is 4.24. The summed E-state index contributed by atoms with van der Waals surface area (Å²) in [4.78, 5) is 23.0. The average molecular weight is 338 g/mol. The van der Waals surface area contributed by atoms with Gasteiger partial charge in [-0.25, -0.2) is 9.50 Å². The first-order chi connectivity index (χ1) is 12.2. The molecular weight excluding hydrogens is 320 g/mol. The van der Waals surface area contributed by atoms with Gasteiger partial charge in [-0.3, -0.25) is 9.78 Å². The summed E-state index contributed by atoms with van der Waals surface area (Å²) in [6, 6.07) is 7.33. The van der Waals surface area contributed by atoms with Crippen molar-refractivity contribution in [2.75, 3.05) is 29.9 Å². The molecule has 1 amide bonds. The average Bonchev–Trinajstić information content (AvgIpc) is 3.06. The molecule has 0 saturated carbocycles. The van der Waals surface area contributed by atoms with Crippen LogP contribution in [0.1, 0.15) is 17.4 Å². The number of anilines is 2. The number of amides is 1. The lowest BCUT2D eigenvalue weighted by atomic mass is 10.3. The quantitative estimate of drug-likeness (QED) is 0.781. The molecule has 1 atom stereocenters. The van der Waals surface area contributed by atoms with Crippen LogP contribution >= 0.6 is 0 Å². The van der Waals surface area contributed by atoms with Gasteiger partial charge in [0.25, 0.3) is 5.91 Å². The fourth-order valence-corrected chi connectivity index (χ4v) is 2.85. The highest BCUT2D eigenvalue weighted by molar-refractivity contribution is 6.03. The number of carbonyl (C=O) groups is 1. The van der Waals surface area contributed by atoms with E-state index in [4.69, 9.17) is 4.74 Å². The molecule has 1 unspecified atom stereocenters. The molecule has 3 aromatic rings. The van der Waals surface area contributed by atoms with Gasteiger partial charge in [0.15, 0.2) is 11.3 Å². The van der Waals surface area contributed by atoms with Crippen LogP contribution in [0.4, 0.5) is 11.5 Å². The lowest BCUT2D eigenvalue weighted by Crippen LogP contribution is -2.41. The Morgan fingerprint density at radius 3 is 3.04 bits per heavy atom. The first kappa shape index (κ1) is 15.5. The number of ether oxygens (including phenoxy) is 1. The van der Waals surface area contributed by atoms with E-state index in [1.165, 1.54) is 6.20 Å². The molecule has 0 bridgehead atoms. The summed E-state index contributed by atoms with van der Waals surface area (Å²) in [5.41, 5.74) is 1.63. The first-order valence-corrected chi connectivity index (χ1v) is 8.13. The van der Waals surface area contributed by atoms with Gasteiger partial charge in [-0.05, 0) is 31.2 Å². The lowest BCUT2D eigenvalue weighted by Gasteiger charge is -2.31. The van der Waals surface area contributed by atoms with Crippen molar-refractivity contribution in [3.63, 3.8) is 0 Å². The Hall–Kier alpha value is -3.00. The highest BCUT2D eigenvalue weighted by atomic mass is 16.5. The Kier molecular flexibility index (Phi) is 4.02. The van der Waals surface area contributed by atoms with Crippen molar-refractivity contribution in [2.24, 2.45) is 0 Å². The van der Waals surface area contributed by atoms with Gasteiger partial charge in [0, 0.05) is 19.3 Å². The van der Waals surface area contributed by atoms with Crippen LogP contribution in [0.5, 0.6) is 0 Å². The molecule has 0 aromatic carbocycles. The Morgan fingerprint density at radius 1 is 1.32 bits per heavy atom. The predicted molar refractivity (Wildman–Crippen MR) is 92.8 cm³/mol. The number of hydrogen-bond acceptors (Lipinski definition) is 6. The number of pyridine rings is 1. The summed E-state index contributed by atoms with van der Waals surface area (Å²) in [5.74, 6) is 0.525. The molecule has 1 fully saturated rings. The van der Waals surface area contributed by atoms with Crippen molar-refractivity contribution in [3.05, 3.63) is 48.5 Å². The molecule has 1 aliphatic heterocycles. The van der Waals surface area contributed by atoms with Crippen molar-refractivity contribution in [3.8, 4) is 0 Å². The van der Waals surface area contributed by atoms with Gasteiger partial charge < -0.3 is 15.0 Å². The number of aromatic nitrogens is 4. The number of imidazole rings is 1. The van der Waals surface area contributed by atoms with Gasteiger partial charge in [0.2, 0.25) is 0 Å². The summed E-state index contributed by atoms with van der Waals surface area (Å²) in [5, 5.41) is 7.41. The third kappa shape index (κ3) is 3.16. The zero-order valence-electron chi connectivity index (χ0n) is 13.8. The number of carbonyl (C=O) groups excluding carboxylic acids is 1. The van der Waals surface area contributed by atoms with Crippen LogP contribution < -0.4 is 10.2 Å². The minimum atomic E-state index is -0.277. The number of nitrogens with one attached hydrogen (secondary N) is 1. The Labute approximate surface area is 144 Å². The number of nitrogens with zero attached hydrogens (tertiary/aromatic N) is 5. The number of morpholine rings is 1.